The Labute approximate surface area is 93.0 Å². The molecule has 1 N–H and O–H groups in total. The zero-order chi connectivity index (χ0) is 12.3. The summed E-state index contributed by atoms with van der Waals surface area (Å²) in [6.07, 6.45) is -4.13. The summed E-state index contributed by atoms with van der Waals surface area (Å²) < 4.78 is 36.3. The average molecular weight is 238 g/mol. The van der Waals surface area contributed by atoms with Crippen LogP contribution < -0.4 is 5.32 Å². The van der Waals surface area contributed by atoms with E-state index < -0.39 is 18.6 Å². The summed E-state index contributed by atoms with van der Waals surface area (Å²) >= 11 is 0. The van der Waals surface area contributed by atoms with E-state index in [1.54, 1.807) is 0 Å². The van der Waals surface area contributed by atoms with Crippen LogP contribution in [0.25, 0.3) is 0 Å². The monoisotopic (exact) mass is 238 g/mol. The van der Waals surface area contributed by atoms with E-state index in [9.17, 15) is 18.0 Å². The van der Waals surface area contributed by atoms with Crippen molar-refractivity contribution in [3.63, 3.8) is 0 Å². The number of carbonyl (C=O) groups excluding carboxylic acids is 1. The molecule has 1 fully saturated rings. The molecule has 0 saturated carbocycles. The van der Waals surface area contributed by atoms with Crippen molar-refractivity contribution in [3.05, 3.63) is 0 Å². The summed E-state index contributed by atoms with van der Waals surface area (Å²) in [5.74, 6) is 0.00495. The number of alkyl halides is 3. The van der Waals surface area contributed by atoms with Crippen molar-refractivity contribution in [1.82, 2.24) is 10.2 Å². The van der Waals surface area contributed by atoms with Gasteiger partial charge in [-0.25, -0.2) is 0 Å². The SMILES string of the molecule is CC(C)CNC1CC(=O)N(CC(F)(F)F)C1. The normalized spacial score (nSPS) is 22.2. The highest BCUT2D eigenvalue weighted by Crippen LogP contribution is 2.20. The molecule has 0 aromatic carbocycles. The van der Waals surface area contributed by atoms with Gasteiger partial charge in [0.1, 0.15) is 6.54 Å². The number of nitrogens with one attached hydrogen (secondary N) is 1. The minimum Gasteiger partial charge on any atom is -0.332 e. The Hall–Kier alpha value is -0.780. The molecule has 0 aromatic heterocycles. The summed E-state index contributed by atoms with van der Waals surface area (Å²) in [4.78, 5) is 12.2. The van der Waals surface area contributed by atoms with Gasteiger partial charge in [-0.05, 0) is 12.5 Å². The molecule has 1 unspecified atom stereocenters. The Bertz CT molecular complexity index is 253. The first kappa shape index (κ1) is 13.3. The molecule has 1 rings (SSSR count). The summed E-state index contributed by atoms with van der Waals surface area (Å²) in [6.45, 7) is 3.77. The van der Waals surface area contributed by atoms with Gasteiger partial charge in [0.05, 0.1) is 0 Å². The predicted octanol–water partition coefficient (Wildman–Crippen LogP) is 1.40. The number of rotatable bonds is 4. The number of carbonyl (C=O) groups is 1. The zero-order valence-corrected chi connectivity index (χ0v) is 9.47. The zero-order valence-electron chi connectivity index (χ0n) is 9.47. The highest BCUT2D eigenvalue weighted by atomic mass is 19.4. The van der Waals surface area contributed by atoms with Crippen molar-refractivity contribution >= 4 is 5.91 Å². The van der Waals surface area contributed by atoms with Gasteiger partial charge in [-0.1, -0.05) is 13.8 Å². The molecule has 0 aliphatic carbocycles. The summed E-state index contributed by atoms with van der Waals surface area (Å²) in [6, 6.07) is -0.141. The minimum absolute atomic E-state index is 0.141. The molecule has 0 aromatic rings. The van der Waals surface area contributed by atoms with Crippen molar-refractivity contribution in [1.29, 1.82) is 0 Å². The van der Waals surface area contributed by atoms with Gasteiger partial charge in [-0.2, -0.15) is 13.2 Å². The number of likely N-dealkylation sites (tertiary alicyclic amines) is 1. The summed E-state index contributed by atoms with van der Waals surface area (Å²) in [7, 11) is 0. The minimum atomic E-state index is -4.30. The van der Waals surface area contributed by atoms with Crippen LogP contribution in [0.2, 0.25) is 0 Å². The number of hydrogen-bond acceptors (Lipinski definition) is 2. The lowest BCUT2D eigenvalue weighted by atomic mass is 10.2. The van der Waals surface area contributed by atoms with Crippen LogP contribution in [0.5, 0.6) is 0 Å². The maximum absolute atomic E-state index is 12.1. The van der Waals surface area contributed by atoms with Gasteiger partial charge in [0.2, 0.25) is 5.91 Å². The lowest BCUT2D eigenvalue weighted by Gasteiger charge is -2.19. The van der Waals surface area contributed by atoms with Gasteiger partial charge in [-0.3, -0.25) is 4.79 Å². The molecule has 94 valence electrons. The largest absolute Gasteiger partial charge is 0.406 e. The molecule has 0 radical (unpaired) electrons. The van der Waals surface area contributed by atoms with Crippen LogP contribution in [-0.4, -0.2) is 42.7 Å². The summed E-state index contributed by atoms with van der Waals surface area (Å²) in [5, 5.41) is 3.10. The molecular weight excluding hydrogens is 221 g/mol. The number of halogens is 3. The van der Waals surface area contributed by atoms with Crippen LogP contribution >= 0.6 is 0 Å². The molecule has 0 bridgehead atoms. The van der Waals surface area contributed by atoms with E-state index in [4.69, 9.17) is 0 Å². The van der Waals surface area contributed by atoms with E-state index >= 15 is 0 Å². The van der Waals surface area contributed by atoms with E-state index in [-0.39, 0.29) is 19.0 Å². The molecular formula is C10H17F3N2O. The molecule has 1 amide bonds. The van der Waals surface area contributed by atoms with Crippen molar-refractivity contribution in [2.45, 2.75) is 32.5 Å². The van der Waals surface area contributed by atoms with Crippen LogP contribution in [0, 0.1) is 5.92 Å². The third kappa shape index (κ3) is 4.38. The average Bonchev–Trinajstić information content (AvgIpc) is 2.41. The Morgan fingerprint density at radius 2 is 2.12 bits per heavy atom. The molecule has 1 aliphatic rings. The molecule has 0 spiro atoms. The van der Waals surface area contributed by atoms with Gasteiger partial charge in [0, 0.05) is 19.0 Å². The molecule has 1 atom stereocenters. The Balaban J connectivity index is 2.39. The highest BCUT2D eigenvalue weighted by Gasteiger charge is 2.38. The Morgan fingerprint density at radius 3 is 2.62 bits per heavy atom. The van der Waals surface area contributed by atoms with E-state index in [1.165, 1.54) is 0 Å². The van der Waals surface area contributed by atoms with Crippen LogP contribution in [0.3, 0.4) is 0 Å². The molecule has 1 saturated heterocycles. The van der Waals surface area contributed by atoms with Crippen molar-refractivity contribution < 1.29 is 18.0 Å². The lowest BCUT2D eigenvalue weighted by molar-refractivity contribution is -0.157. The second-order valence-corrected chi connectivity index (χ2v) is 4.59. The van der Waals surface area contributed by atoms with Crippen LogP contribution in [0.4, 0.5) is 13.2 Å². The number of nitrogens with zero attached hydrogens (tertiary/aromatic N) is 1. The van der Waals surface area contributed by atoms with Crippen LogP contribution in [-0.2, 0) is 4.79 Å². The Kier molecular flexibility index (Phi) is 4.18. The maximum atomic E-state index is 12.1. The van der Waals surface area contributed by atoms with Gasteiger partial charge in [0.15, 0.2) is 0 Å². The first-order chi connectivity index (χ1) is 7.28. The first-order valence-corrected chi connectivity index (χ1v) is 5.36. The molecule has 1 heterocycles. The third-order valence-electron chi connectivity index (χ3n) is 2.40. The second-order valence-electron chi connectivity index (χ2n) is 4.59. The topological polar surface area (TPSA) is 32.3 Å². The van der Waals surface area contributed by atoms with Gasteiger partial charge >= 0.3 is 6.18 Å². The third-order valence-corrected chi connectivity index (χ3v) is 2.40. The lowest BCUT2D eigenvalue weighted by Crippen LogP contribution is -2.38. The highest BCUT2D eigenvalue weighted by molar-refractivity contribution is 5.79. The second kappa shape index (κ2) is 5.03. The fourth-order valence-electron chi connectivity index (χ4n) is 1.68. The molecule has 3 nitrogen and oxygen atoms in total. The smallest absolute Gasteiger partial charge is 0.332 e. The van der Waals surface area contributed by atoms with E-state index in [1.807, 2.05) is 13.8 Å². The fraction of sp³-hybridized carbons (Fsp3) is 0.900. The predicted molar refractivity (Wildman–Crippen MR) is 53.9 cm³/mol. The summed E-state index contributed by atoms with van der Waals surface area (Å²) in [5.41, 5.74) is 0. The van der Waals surface area contributed by atoms with Gasteiger partial charge in [0.25, 0.3) is 0 Å². The standard InChI is InChI=1S/C10H17F3N2O/c1-7(2)4-14-8-3-9(16)15(5-8)6-10(11,12)13/h7-8,14H,3-6H2,1-2H3. The van der Waals surface area contributed by atoms with Crippen molar-refractivity contribution in [3.8, 4) is 0 Å². The maximum Gasteiger partial charge on any atom is 0.406 e. The number of hydrogen-bond donors (Lipinski definition) is 1. The molecule has 1 aliphatic heterocycles. The van der Waals surface area contributed by atoms with E-state index in [0.29, 0.717) is 5.92 Å². The van der Waals surface area contributed by atoms with Crippen molar-refractivity contribution in [2.24, 2.45) is 5.92 Å². The van der Waals surface area contributed by atoms with Crippen LogP contribution in [0.1, 0.15) is 20.3 Å². The first-order valence-electron chi connectivity index (χ1n) is 5.36. The van der Waals surface area contributed by atoms with E-state index in [2.05, 4.69) is 5.32 Å². The van der Waals surface area contributed by atoms with Gasteiger partial charge in [-0.15, -0.1) is 0 Å². The molecule has 6 heteroatoms. The number of amides is 1. The van der Waals surface area contributed by atoms with Gasteiger partial charge < -0.3 is 10.2 Å². The van der Waals surface area contributed by atoms with Crippen LogP contribution in [0.15, 0.2) is 0 Å². The van der Waals surface area contributed by atoms with Crippen molar-refractivity contribution in [2.75, 3.05) is 19.6 Å². The fourth-order valence-corrected chi connectivity index (χ4v) is 1.68. The Morgan fingerprint density at radius 1 is 1.50 bits per heavy atom. The molecule has 16 heavy (non-hydrogen) atoms. The quantitative estimate of drug-likeness (QED) is 0.802. The van der Waals surface area contributed by atoms with E-state index in [0.717, 1.165) is 11.4 Å².